The van der Waals surface area contributed by atoms with Crippen molar-refractivity contribution >= 4 is 11.9 Å². The van der Waals surface area contributed by atoms with Crippen LogP contribution < -0.4 is 17.2 Å². The molecule has 15 heavy (non-hydrogen) atoms. The van der Waals surface area contributed by atoms with E-state index in [0.717, 1.165) is 6.54 Å². The molecule has 0 spiro atoms. The van der Waals surface area contributed by atoms with Crippen molar-refractivity contribution in [2.75, 3.05) is 0 Å². The summed E-state index contributed by atoms with van der Waals surface area (Å²) in [5, 5.41) is 7.63. The third-order valence-electron chi connectivity index (χ3n) is 1.66. The summed E-state index contributed by atoms with van der Waals surface area (Å²) in [5.74, 6) is 0.625. The fourth-order valence-corrected chi connectivity index (χ4v) is 0.985. The lowest BCUT2D eigenvalue weighted by atomic mass is 10.5. The molecule has 0 aromatic carbocycles. The first-order valence-corrected chi connectivity index (χ1v) is 4.39. The van der Waals surface area contributed by atoms with Gasteiger partial charge in [-0.25, -0.2) is 4.99 Å². The van der Waals surface area contributed by atoms with Crippen LogP contribution in [0, 0.1) is 0 Å². The number of rotatable bonds is 3. The van der Waals surface area contributed by atoms with Gasteiger partial charge < -0.3 is 21.8 Å². The zero-order valence-electron chi connectivity index (χ0n) is 8.46. The highest BCUT2D eigenvalue weighted by molar-refractivity contribution is 5.92. The Morgan fingerprint density at radius 2 is 2.20 bits per heavy atom. The number of aryl methyl sites for hydroxylation is 1. The van der Waals surface area contributed by atoms with Crippen molar-refractivity contribution in [2.45, 2.75) is 20.0 Å². The average molecular weight is 210 g/mol. The van der Waals surface area contributed by atoms with Crippen molar-refractivity contribution in [2.24, 2.45) is 27.2 Å². The molecule has 0 aliphatic rings. The van der Waals surface area contributed by atoms with Crippen LogP contribution in [0.25, 0.3) is 0 Å². The Balaban J connectivity index is 2.67. The van der Waals surface area contributed by atoms with Gasteiger partial charge in [0.25, 0.3) is 0 Å². The van der Waals surface area contributed by atoms with Crippen LogP contribution in [-0.2, 0) is 13.1 Å². The average Bonchev–Trinajstić information content (AvgIpc) is 2.60. The quantitative estimate of drug-likeness (QED) is 0.407. The molecule has 0 atom stereocenters. The molecule has 0 fully saturated rings. The normalized spacial score (nSPS) is 11.4. The van der Waals surface area contributed by atoms with Gasteiger partial charge in [-0.2, -0.15) is 4.99 Å². The van der Waals surface area contributed by atoms with Crippen LogP contribution in [-0.4, -0.2) is 26.7 Å². The number of nitrogens with two attached hydrogens (primary N) is 3. The maximum absolute atomic E-state index is 5.43. The Morgan fingerprint density at radius 3 is 2.80 bits per heavy atom. The van der Waals surface area contributed by atoms with E-state index in [9.17, 15) is 0 Å². The minimum absolute atomic E-state index is 0.0284. The van der Waals surface area contributed by atoms with Gasteiger partial charge in [-0.3, -0.25) is 0 Å². The minimum Gasteiger partial charge on any atom is -0.370 e. The second-order valence-corrected chi connectivity index (χ2v) is 2.74. The molecule has 0 amide bonds. The number of hydrogen-bond donors (Lipinski definition) is 3. The monoisotopic (exact) mass is 210 g/mol. The van der Waals surface area contributed by atoms with Gasteiger partial charge in [-0.05, 0) is 6.92 Å². The number of hydrogen-bond acceptors (Lipinski definition) is 3. The molecule has 1 aromatic heterocycles. The Hall–Kier alpha value is -2.12. The first-order valence-electron chi connectivity index (χ1n) is 4.39. The van der Waals surface area contributed by atoms with Crippen LogP contribution in [0.2, 0.25) is 0 Å². The molecule has 0 radical (unpaired) electrons. The minimum atomic E-state index is -0.117. The molecular weight excluding hydrogens is 196 g/mol. The van der Waals surface area contributed by atoms with E-state index >= 15 is 0 Å². The number of nitrogens with zero attached hydrogens (tertiary/aromatic N) is 5. The Kier molecular flexibility index (Phi) is 3.61. The third-order valence-corrected chi connectivity index (χ3v) is 1.66. The molecule has 0 saturated heterocycles. The van der Waals surface area contributed by atoms with Gasteiger partial charge in [0.05, 0.1) is 0 Å². The summed E-state index contributed by atoms with van der Waals surface area (Å²) in [6, 6.07) is 0. The molecule has 1 rings (SSSR count). The molecule has 0 aliphatic carbocycles. The summed E-state index contributed by atoms with van der Waals surface area (Å²) in [5.41, 5.74) is 15.7. The van der Waals surface area contributed by atoms with Crippen LogP contribution >= 0.6 is 0 Å². The summed E-state index contributed by atoms with van der Waals surface area (Å²) >= 11 is 0. The molecule has 0 aliphatic heterocycles. The second kappa shape index (κ2) is 4.94. The zero-order chi connectivity index (χ0) is 11.3. The molecule has 0 bridgehead atoms. The highest BCUT2D eigenvalue weighted by atomic mass is 15.3. The SMILES string of the molecule is CCn1cnnc1CN=C(N)N=C(N)N. The van der Waals surface area contributed by atoms with Crippen LogP contribution in [0.1, 0.15) is 12.7 Å². The highest BCUT2D eigenvalue weighted by Crippen LogP contribution is 1.96. The van der Waals surface area contributed by atoms with Crippen LogP contribution in [0.4, 0.5) is 0 Å². The van der Waals surface area contributed by atoms with Crippen LogP contribution in [0.5, 0.6) is 0 Å². The largest absolute Gasteiger partial charge is 0.370 e. The zero-order valence-corrected chi connectivity index (χ0v) is 8.46. The third kappa shape index (κ3) is 3.25. The van der Waals surface area contributed by atoms with Gasteiger partial charge >= 0.3 is 0 Å². The van der Waals surface area contributed by atoms with Crippen molar-refractivity contribution in [3.05, 3.63) is 12.2 Å². The summed E-state index contributed by atoms with van der Waals surface area (Å²) in [6.07, 6.45) is 1.63. The Bertz CT molecular complexity index is 372. The maximum atomic E-state index is 5.43. The fourth-order valence-electron chi connectivity index (χ4n) is 0.985. The van der Waals surface area contributed by atoms with Crippen molar-refractivity contribution in [1.82, 2.24) is 14.8 Å². The van der Waals surface area contributed by atoms with E-state index in [2.05, 4.69) is 20.2 Å². The lowest BCUT2D eigenvalue weighted by Gasteiger charge is -1.99. The molecule has 1 aromatic rings. The summed E-state index contributed by atoms with van der Waals surface area (Å²) < 4.78 is 1.85. The van der Waals surface area contributed by atoms with Crippen molar-refractivity contribution in [1.29, 1.82) is 0 Å². The topological polar surface area (TPSA) is 133 Å². The summed E-state index contributed by atoms with van der Waals surface area (Å²) in [6.45, 7) is 3.06. The van der Waals surface area contributed by atoms with Crippen molar-refractivity contribution in [3.8, 4) is 0 Å². The molecule has 6 N–H and O–H groups in total. The predicted molar refractivity (Wildman–Crippen MR) is 56.8 cm³/mol. The first-order chi connectivity index (χ1) is 7.13. The van der Waals surface area contributed by atoms with E-state index < -0.39 is 0 Å². The van der Waals surface area contributed by atoms with Gasteiger partial charge in [-0.15, -0.1) is 10.2 Å². The van der Waals surface area contributed by atoms with E-state index in [4.69, 9.17) is 17.2 Å². The van der Waals surface area contributed by atoms with Gasteiger partial charge in [0.15, 0.2) is 11.8 Å². The molecule has 8 nitrogen and oxygen atoms in total. The maximum Gasteiger partial charge on any atom is 0.218 e. The molecular formula is C7H14N8. The summed E-state index contributed by atoms with van der Waals surface area (Å²) in [4.78, 5) is 7.51. The first kappa shape index (κ1) is 11.0. The fraction of sp³-hybridized carbons (Fsp3) is 0.429. The van der Waals surface area contributed by atoms with Gasteiger partial charge in [0.2, 0.25) is 5.96 Å². The van der Waals surface area contributed by atoms with Gasteiger partial charge in [0, 0.05) is 6.54 Å². The summed E-state index contributed by atoms with van der Waals surface area (Å²) in [7, 11) is 0. The lowest BCUT2D eigenvalue weighted by molar-refractivity contribution is 0.698. The predicted octanol–water partition coefficient (Wildman–Crippen LogP) is -1.61. The van der Waals surface area contributed by atoms with Gasteiger partial charge in [-0.1, -0.05) is 0 Å². The van der Waals surface area contributed by atoms with Crippen LogP contribution in [0.15, 0.2) is 16.3 Å². The molecule has 0 unspecified atom stereocenters. The lowest BCUT2D eigenvalue weighted by Crippen LogP contribution is -2.26. The Labute approximate surface area is 86.9 Å². The molecule has 82 valence electrons. The highest BCUT2D eigenvalue weighted by Gasteiger charge is 2.00. The Morgan fingerprint density at radius 1 is 1.47 bits per heavy atom. The second-order valence-electron chi connectivity index (χ2n) is 2.74. The van der Waals surface area contributed by atoms with E-state index in [1.165, 1.54) is 0 Å². The van der Waals surface area contributed by atoms with E-state index in [1.807, 2.05) is 11.5 Å². The smallest absolute Gasteiger partial charge is 0.218 e. The van der Waals surface area contributed by atoms with Gasteiger partial charge in [0.1, 0.15) is 12.9 Å². The van der Waals surface area contributed by atoms with E-state index in [0.29, 0.717) is 12.4 Å². The van der Waals surface area contributed by atoms with Crippen molar-refractivity contribution < 1.29 is 0 Å². The molecule has 1 heterocycles. The van der Waals surface area contributed by atoms with E-state index in [-0.39, 0.29) is 11.9 Å². The number of aromatic nitrogens is 3. The van der Waals surface area contributed by atoms with E-state index in [1.54, 1.807) is 6.33 Å². The van der Waals surface area contributed by atoms with Crippen LogP contribution in [0.3, 0.4) is 0 Å². The standard InChI is InChI=1S/C7H14N8/c1-2-15-4-12-14-5(15)3-11-7(10)13-6(8)9/h4H,2-3H2,1H3,(H6,8,9,10,11,13). The molecule has 8 heteroatoms. The number of aliphatic imine (C=N–C) groups is 2. The van der Waals surface area contributed by atoms with Crippen molar-refractivity contribution in [3.63, 3.8) is 0 Å². The molecule has 0 saturated carbocycles. The number of guanidine groups is 2.